The van der Waals surface area contributed by atoms with Crippen molar-refractivity contribution in [2.45, 2.75) is 25.3 Å². The van der Waals surface area contributed by atoms with Gasteiger partial charge in [-0.3, -0.25) is 5.21 Å². The Kier molecular flexibility index (Phi) is 4.01. The van der Waals surface area contributed by atoms with Crippen LogP contribution in [-0.2, 0) is 6.54 Å². The van der Waals surface area contributed by atoms with E-state index in [1.165, 1.54) is 4.73 Å². The van der Waals surface area contributed by atoms with Gasteiger partial charge in [-0.25, -0.2) is 14.6 Å². The topological polar surface area (TPSA) is 116 Å². The molecule has 0 atom stereocenters. The van der Waals surface area contributed by atoms with Crippen LogP contribution < -0.4 is 15.2 Å². The second kappa shape index (κ2) is 6.69. The molecule has 5 rings (SSSR count). The Balaban J connectivity index is 1.52. The third-order valence-corrected chi connectivity index (χ3v) is 5.10. The average molecular weight is 390 g/mol. The number of ether oxygens (including phenoxy) is 1. The molecule has 0 spiro atoms. The first-order valence-corrected chi connectivity index (χ1v) is 9.38. The van der Waals surface area contributed by atoms with Crippen molar-refractivity contribution < 1.29 is 14.7 Å². The molecule has 0 amide bonds. The highest BCUT2D eigenvalue weighted by Gasteiger charge is 2.34. The first kappa shape index (κ1) is 17.4. The molecule has 1 aromatic carbocycles. The Morgan fingerprint density at radius 3 is 2.83 bits per heavy atom. The van der Waals surface area contributed by atoms with Crippen molar-refractivity contribution in [3.05, 3.63) is 54.0 Å². The molecular formula is C20H20N7O2+. The van der Waals surface area contributed by atoms with E-state index in [4.69, 9.17) is 10.5 Å². The number of hydrogen-bond acceptors (Lipinski definition) is 7. The summed E-state index contributed by atoms with van der Waals surface area (Å²) in [6.07, 6.45) is 4.01. The quantitative estimate of drug-likeness (QED) is 0.395. The Labute approximate surface area is 166 Å². The smallest absolute Gasteiger partial charge is 0.255 e. The minimum absolute atomic E-state index is 0.136. The van der Waals surface area contributed by atoms with Crippen LogP contribution in [0.5, 0.6) is 5.75 Å². The monoisotopic (exact) mass is 390 g/mol. The zero-order valence-corrected chi connectivity index (χ0v) is 15.9. The number of methoxy groups -OCH3 is 1. The SMILES string of the molecule is COc1cccc2c(-c3cn(Cc4cccc(C5CC5)[n+]4O)nn3)nc(N)nc12. The van der Waals surface area contributed by atoms with Gasteiger partial charge in [0.1, 0.15) is 29.2 Å². The van der Waals surface area contributed by atoms with Gasteiger partial charge in [-0.1, -0.05) is 17.3 Å². The van der Waals surface area contributed by atoms with E-state index in [-0.39, 0.29) is 5.95 Å². The lowest BCUT2D eigenvalue weighted by Crippen LogP contribution is -2.40. The normalized spacial score (nSPS) is 13.7. The van der Waals surface area contributed by atoms with Crippen LogP contribution in [0.4, 0.5) is 5.95 Å². The van der Waals surface area contributed by atoms with Crippen molar-refractivity contribution in [3.8, 4) is 17.1 Å². The second-order valence-electron chi connectivity index (χ2n) is 7.12. The van der Waals surface area contributed by atoms with Crippen molar-refractivity contribution in [1.82, 2.24) is 25.0 Å². The van der Waals surface area contributed by atoms with Gasteiger partial charge in [-0.05, 0) is 25.0 Å². The molecule has 0 unspecified atom stereocenters. The van der Waals surface area contributed by atoms with Crippen LogP contribution in [0.2, 0.25) is 0 Å². The van der Waals surface area contributed by atoms with Crippen LogP contribution >= 0.6 is 0 Å². The van der Waals surface area contributed by atoms with Crippen molar-refractivity contribution in [1.29, 1.82) is 0 Å². The standard InChI is InChI=1S/C20H20N7O2/c1-29-17-7-3-5-14-18(22-20(21)23-19(14)17)15-11-26(25-24-15)10-13-4-2-6-16(27(13)28)12-8-9-12/h2-7,11-12,28H,8-10H2,1H3,(H2,21,22,23)/q+1. The fourth-order valence-corrected chi connectivity index (χ4v) is 3.53. The van der Waals surface area contributed by atoms with E-state index in [1.54, 1.807) is 18.0 Å². The number of rotatable bonds is 5. The van der Waals surface area contributed by atoms with Crippen molar-refractivity contribution >= 4 is 16.9 Å². The number of nitrogens with zero attached hydrogens (tertiary/aromatic N) is 6. The molecule has 1 aliphatic carbocycles. The molecule has 3 N–H and O–H groups in total. The molecule has 9 heteroatoms. The minimum Gasteiger partial charge on any atom is -0.494 e. The van der Waals surface area contributed by atoms with Gasteiger partial charge in [0.2, 0.25) is 11.6 Å². The van der Waals surface area contributed by atoms with Crippen LogP contribution in [0, 0.1) is 0 Å². The number of benzene rings is 1. The van der Waals surface area contributed by atoms with Gasteiger partial charge in [0, 0.05) is 28.2 Å². The van der Waals surface area contributed by atoms with Crippen LogP contribution in [0.15, 0.2) is 42.6 Å². The summed E-state index contributed by atoms with van der Waals surface area (Å²) in [5.74, 6) is 1.19. The molecule has 29 heavy (non-hydrogen) atoms. The number of aromatic nitrogens is 6. The molecule has 1 fully saturated rings. The molecule has 1 saturated carbocycles. The molecule has 4 aromatic rings. The van der Waals surface area contributed by atoms with Crippen LogP contribution in [0.1, 0.15) is 30.1 Å². The first-order chi connectivity index (χ1) is 14.1. The van der Waals surface area contributed by atoms with Crippen molar-refractivity contribution in [2.75, 3.05) is 12.8 Å². The number of hydrogen-bond donors (Lipinski definition) is 2. The zero-order chi connectivity index (χ0) is 20.0. The van der Waals surface area contributed by atoms with Gasteiger partial charge in [0.25, 0.3) is 5.69 Å². The van der Waals surface area contributed by atoms with E-state index in [0.29, 0.717) is 35.1 Å². The molecule has 0 saturated heterocycles. The molecule has 0 aliphatic heterocycles. The average Bonchev–Trinajstić information content (AvgIpc) is 3.46. The minimum atomic E-state index is 0.136. The van der Waals surface area contributed by atoms with Crippen molar-refractivity contribution in [2.24, 2.45) is 0 Å². The van der Waals surface area contributed by atoms with Crippen LogP contribution in [0.25, 0.3) is 22.3 Å². The maximum absolute atomic E-state index is 10.5. The zero-order valence-electron chi connectivity index (χ0n) is 15.9. The van der Waals surface area contributed by atoms with Gasteiger partial charge < -0.3 is 10.5 Å². The summed E-state index contributed by atoms with van der Waals surface area (Å²) >= 11 is 0. The highest BCUT2D eigenvalue weighted by molar-refractivity contribution is 5.95. The lowest BCUT2D eigenvalue weighted by Gasteiger charge is -2.07. The lowest BCUT2D eigenvalue weighted by atomic mass is 10.1. The number of fused-ring (bicyclic) bond motifs is 1. The van der Waals surface area contributed by atoms with Gasteiger partial charge >= 0.3 is 0 Å². The molecule has 146 valence electrons. The maximum atomic E-state index is 10.5. The number of nitrogen functional groups attached to an aromatic ring is 1. The predicted octanol–water partition coefficient (Wildman–Crippen LogP) is 1.93. The van der Waals surface area contributed by atoms with Gasteiger partial charge in [-0.15, -0.1) is 5.10 Å². The number of pyridine rings is 1. The van der Waals surface area contributed by atoms with E-state index in [1.807, 2.05) is 36.4 Å². The molecule has 3 heterocycles. The van der Waals surface area contributed by atoms with Gasteiger partial charge in [0.05, 0.1) is 13.3 Å². The predicted molar refractivity (Wildman–Crippen MR) is 104 cm³/mol. The number of nitrogens with two attached hydrogens (primary N) is 1. The Hall–Kier alpha value is -3.75. The Morgan fingerprint density at radius 1 is 1.21 bits per heavy atom. The summed E-state index contributed by atoms with van der Waals surface area (Å²) in [4.78, 5) is 8.67. The lowest BCUT2D eigenvalue weighted by molar-refractivity contribution is -0.914. The molecule has 0 bridgehead atoms. The summed E-state index contributed by atoms with van der Waals surface area (Å²) < 4.78 is 8.32. The summed E-state index contributed by atoms with van der Waals surface area (Å²) in [6.45, 7) is 0.381. The van der Waals surface area contributed by atoms with E-state index in [9.17, 15) is 5.21 Å². The van der Waals surface area contributed by atoms with E-state index in [2.05, 4.69) is 20.3 Å². The molecule has 0 radical (unpaired) electrons. The highest BCUT2D eigenvalue weighted by atomic mass is 16.5. The second-order valence-corrected chi connectivity index (χ2v) is 7.12. The van der Waals surface area contributed by atoms with Gasteiger partial charge in [-0.2, -0.15) is 0 Å². The molecule has 1 aliphatic rings. The van der Waals surface area contributed by atoms with E-state index >= 15 is 0 Å². The third-order valence-electron chi connectivity index (χ3n) is 5.10. The largest absolute Gasteiger partial charge is 0.494 e. The molecular weight excluding hydrogens is 370 g/mol. The van der Waals surface area contributed by atoms with Gasteiger partial charge in [0.15, 0.2) is 0 Å². The molecule has 3 aromatic heterocycles. The first-order valence-electron chi connectivity index (χ1n) is 9.38. The third kappa shape index (κ3) is 3.10. The summed E-state index contributed by atoms with van der Waals surface area (Å²) in [5, 5.41) is 19.8. The summed E-state index contributed by atoms with van der Waals surface area (Å²) in [7, 11) is 1.59. The summed E-state index contributed by atoms with van der Waals surface area (Å²) in [5.41, 5.74) is 9.36. The van der Waals surface area contributed by atoms with E-state index < -0.39 is 0 Å². The Morgan fingerprint density at radius 2 is 2.03 bits per heavy atom. The number of anilines is 1. The number of para-hydroxylation sites is 1. The highest BCUT2D eigenvalue weighted by Crippen LogP contribution is 2.38. The maximum Gasteiger partial charge on any atom is 0.255 e. The van der Waals surface area contributed by atoms with Crippen LogP contribution in [-0.4, -0.2) is 37.3 Å². The summed E-state index contributed by atoms with van der Waals surface area (Å²) in [6, 6.07) is 11.4. The van der Waals surface area contributed by atoms with Crippen LogP contribution in [0.3, 0.4) is 0 Å². The molecule has 9 nitrogen and oxygen atoms in total. The fraction of sp³-hybridized carbons (Fsp3) is 0.250. The fourth-order valence-electron chi connectivity index (χ4n) is 3.53. The van der Waals surface area contributed by atoms with Crippen molar-refractivity contribution in [3.63, 3.8) is 0 Å². The Bertz CT molecular complexity index is 1220. The van der Waals surface area contributed by atoms with E-state index in [0.717, 1.165) is 29.6 Å².